The van der Waals surface area contributed by atoms with Gasteiger partial charge in [-0.15, -0.1) is 15.0 Å². The summed E-state index contributed by atoms with van der Waals surface area (Å²) in [6.07, 6.45) is 0. The summed E-state index contributed by atoms with van der Waals surface area (Å²) in [6.45, 7) is 12.8. The van der Waals surface area contributed by atoms with Gasteiger partial charge in [-0.05, 0) is 46.7 Å². The number of carbonyl (C=O) groups is 1. The number of methoxy groups -OCH3 is 1. The van der Waals surface area contributed by atoms with E-state index in [2.05, 4.69) is 57.8 Å². The second-order valence-corrected chi connectivity index (χ2v) is 11.9. The molecule has 1 heterocycles. The van der Waals surface area contributed by atoms with E-state index in [-0.39, 0.29) is 33.7 Å². The maximum Gasteiger partial charge on any atom is 0.196 e. The molecule has 0 unspecified atom stereocenters. The molecule has 2 N–H and O–H groups in total. The molecule has 0 spiro atoms. The van der Waals surface area contributed by atoms with Gasteiger partial charge in [0.15, 0.2) is 5.78 Å². The summed E-state index contributed by atoms with van der Waals surface area (Å²) < 4.78 is 4.96. The lowest BCUT2D eigenvalue weighted by Crippen LogP contribution is -2.18. The summed E-state index contributed by atoms with van der Waals surface area (Å²) in [6, 6.07) is 25.3. The number of hydrogen-bond donors (Lipinski definition) is 2. The number of carbonyl (C=O) groups excluding carboxylic acids is 1. The first-order valence-corrected chi connectivity index (χ1v) is 13.5. The number of phenolic OH excluding ortho intramolecular Hbond substituents is 2. The average molecular weight is 552 g/mol. The van der Waals surface area contributed by atoms with E-state index < -0.39 is 0 Å². The van der Waals surface area contributed by atoms with Gasteiger partial charge in [0.1, 0.15) is 34.0 Å². The molecule has 0 radical (unpaired) electrons. The van der Waals surface area contributed by atoms with E-state index >= 15 is 0 Å². The Kier molecular flexibility index (Phi) is 8.19. The van der Waals surface area contributed by atoms with E-state index in [1.165, 1.54) is 13.2 Å². The highest BCUT2D eigenvalue weighted by atomic mass is 16.5. The maximum atomic E-state index is 12.1. The van der Waals surface area contributed by atoms with E-state index in [1.807, 2.05) is 36.4 Å². The Balaban J connectivity index is 0.000000201. The van der Waals surface area contributed by atoms with Gasteiger partial charge in [0, 0.05) is 17.2 Å². The lowest BCUT2D eigenvalue weighted by atomic mass is 9.80. The molecule has 41 heavy (non-hydrogen) atoms. The number of aromatic hydroxyl groups is 2. The second kappa shape index (κ2) is 11.5. The van der Waals surface area contributed by atoms with Crippen molar-refractivity contribution in [3.8, 4) is 22.9 Å². The topological polar surface area (TPSA) is 97.5 Å². The lowest BCUT2D eigenvalue weighted by molar-refractivity contribution is 0.103. The molecule has 5 rings (SSSR count). The molecule has 7 nitrogen and oxygen atoms in total. The number of rotatable bonds is 4. The van der Waals surface area contributed by atoms with E-state index in [0.29, 0.717) is 17.0 Å². The minimum Gasteiger partial charge on any atom is -0.507 e. The van der Waals surface area contributed by atoms with Crippen LogP contribution < -0.4 is 4.74 Å². The summed E-state index contributed by atoms with van der Waals surface area (Å²) >= 11 is 0. The average Bonchev–Trinajstić information content (AvgIpc) is 3.36. The van der Waals surface area contributed by atoms with Gasteiger partial charge in [0.2, 0.25) is 0 Å². The first kappa shape index (κ1) is 29.3. The molecule has 1 aromatic heterocycles. The number of ether oxygens (including phenoxy) is 1. The van der Waals surface area contributed by atoms with Gasteiger partial charge in [-0.3, -0.25) is 4.79 Å². The fourth-order valence-electron chi connectivity index (χ4n) is 4.32. The highest BCUT2D eigenvalue weighted by Crippen LogP contribution is 2.39. The molecule has 5 aromatic rings. The van der Waals surface area contributed by atoms with Crippen molar-refractivity contribution in [3.63, 3.8) is 0 Å². The van der Waals surface area contributed by atoms with Crippen LogP contribution in [0, 0.1) is 0 Å². The number of aromatic nitrogens is 3. The van der Waals surface area contributed by atoms with Crippen molar-refractivity contribution in [2.45, 2.75) is 52.4 Å². The fraction of sp³-hybridized carbons (Fsp3) is 0.265. The van der Waals surface area contributed by atoms with Gasteiger partial charge in [-0.25, -0.2) is 0 Å². The minimum atomic E-state index is -0.203. The van der Waals surface area contributed by atoms with E-state index in [9.17, 15) is 15.0 Å². The Labute approximate surface area is 241 Å². The van der Waals surface area contributed by atoms with Crippen molar-refractivity contribution in [2.75, 3.05) is 7.11 Å². The van der Waals surface area contributed by atoms with Crippen molar-refractivity contribution in [2.24, 2.45) is 0 Å². The van der Waals surface area contributed by atoms with Gasteiger partial charge < -0.3 is 14.9 Å². The molecule has 0 amide bonds. The molecule has 0 saturated heterocycles. The monoisotopic (exact) mass is 551 g/mol. The number of benzene rings is 4. The molecule has 212 valence electrons. The summed E-state index contributed by atoms with van der Waals surface area (Å²) in [5.41, 5.74) is 4.94. The first-order chi connectivity index (χ1) is 19.3. The zero-order valence-corrected chi connectivity index (χ0v) is 24.6. The zero-order valence-electron chi connectivity index (χ0n) is 24.6. The van der Waals surface area contributed by atoms with E-state index in [0.717, 1.165) is 22.2 Å². The molecule has 0 aliphatic rings. The van der Waals surface area contributed by atoms with Gasteiger partial charge in [0.25, 0.3) is 0 Å². The van der Waals surface area contributed by atoms with Gasteiger partial charge >= 0.3 is 0 Å². The Morgan fingerprint density at radius 2 is 1.34 bits per heavy atom. The number of hydrogen-bond acceptors (Lipinski definition) is 6. The third-order valence-corrected chi connectivity index (χ3v) is 6.75. The molecular formula is C34H37N3O4. The van der Waals surface area contributed by atoms with Crippen molar-refractivity contribution < 1.29 is 19.7 Å². The predicted molar refractivity (Wildman–Crippen MR) is 162 cm³/mol. The highest BCUT2D eigenvalue weighted by molar-refractivity contribution is 6.10. The predicted octanol–water partition coefficient (Wildman–Crippen LogP) is 7.35. The fourth-order valence-corrected chi connectivity index (χ4v) is 4.32. The summed E-state index contributed by atoms with van der Waals surface area (Å²) in [7, 11) is 1.51. The molecule has 0 saturated carbocycles. The van der Waals surface area contributed by atoms with Gasteiger partial charge in [-0.2, -0.15) is 0 Å². The van der Waals surface area contributed by atoms with Crippen LogP contribution in [-0.2, 0) is 10.8 Å². The van der Waals surface area contributed by atoms with Crippen molar-refractivity contribution in [1.82, 2.24) is 15.0 Å². The van der Waals surface area contributed by atoms with Crippen LogP contribution in [0.1, 0.15) is 68.6 Å². The van der Waals surface area contributed by atoms with Crippen molar-refractivity contribution >= 4 is 16.8 Å². The van der Waals surface area contributed by atoms with E-state index in [4.69, 9.17) is 4.74 Å². The number of nitrogens with zero attached hydrogens (tertiary/aromatic N) is 3. The SMILES string of the molecule is CC(C)(C)c1cc(-n2nc3ccccc3n2)c(O)c(C(C)(C)C)c1.COc1ccc(C(=O)c2ccccc2)c(O)c1. The second-order valence-electron chi connectivity index (χ2n) is 11.9. The third kappa shape index (κ3) is 6.57. The molecule has 0 atom stereocenters. The van der Waals surface area contributed by atoms with Crippen LogP contribution in [0.25, 0.3) is 16.7 Å². The Morgan fingerprint density at radius 3 is 1.85 bits per heavy atom. The van der Waals surface area contributed by atoms with Crippen LogP contribution in [0.4, 0.5) is 0 Å². The standard InChI is InChI=1S/C20H25N3O.C14H12O3/c1-19(2,3)13-11-14(20(4,5)6)18(24)17(12-13)23-21-15-9-7-8-10-16(15)22-23;1-17-11-7-8-12(13(15)9-11)14(16)10-5-3-2-4-6-10/h7-12,24H,1-6H3;2-9,15H,1H3. The third-order valence-electron chi connectivity index (χ3n) is 6.75. The van der Waals surface area contributed by atoms with Gasteiger partial charge in [-0.1, -0.05) is 90.1 Å². The number of phenols is 2. The minimum absolute atomic E-state index is 0.0327. The molecule has 7 heteroatoms. The number of fused-ring (bicyclic) bond motifs is 1. The number of ketones is 1. The molecule has 0 fully saturated rings. The van der Waals surface area contributed by atoms with Crippen molar-refractivity contribution in [1.29, 1.82) is 0 Å². The normalized spacial score (nSPS) is 11.6. The van der Waals surface area contributed by atoms with Crippen LogP contribution in [0.3, 0.4) is 0 Å². The molecule has 0 aliphatic carbocycles. The lowest BCUT2D eigenvalue weighted by Gasteiger charge is -2.27. The maximum absolute atomic E-state index is 12.1. The Morgan fingerprint density at radius 1 is 0.756 bits per heavy atom. The van der Waals surface area contributed by atoms with Crippen LogP contribution in [0.15, 0.2) is 84.9 Å². The molecule has 4 aromatic carbocycles. The Bertz CT molecular complexity index is 1640. The van der Waals surface area contributed by atoms with Crippen LogP contribution in [0.2, 0.25) is 0 Å². The largest absolute Gasteiger partial charge is 0.507 e. The Hall–Kier alpha value is -4.65. The van der Waals surface area contributed by atoms with Crippen LogP contribution in [-0.4, -0.2) is 38.1 Å². The van der Waals surface area contributed by atoms with Crippen molar-refractivity contribution in [3.05, 3.63) is 107 Å². The molecular weight excluding hydrogens is 514 g/mol. The summed E-state index contributed by atoms with van der Waals surface area (Å²) in [5, 5.41) is 29.7. The summed E-state index contributed by atoms with van der Waals surface area (Å²) in [4.78, 5) is 13.6. The van der Waals surface area contributed by atoms with Gasteiger partial charge in [0.05, 0.1) is 12.7 Å². The molecule has 0 aliphatic heterocycles. The highest BCUT2D eigenvalue weighted by Gasteiger charge is 2.26. The van der Waals surface area contributed by atoms with E-state index in [1.54, 1.807) is 41.2 Å². The quantitative estimate of drug-likeness (QED) is 0.227. The summed E-state index contributed by atoms with van der Waals surface area (Å²) in [5.74, 6) is 0.492. The smallest absolute Gasteiger partial charge is 0.196 e. The zero-order chi connectivity index (χ0) is 29.9. The van der Waals surface area contributed by atoms with Crippen LogP contribution in [0.5, 0.6) is 17.2 Å². The van der Waals surface area contributed by atoms with Crippen LogP contribution >= 0.6 is 0 Å². The first-order valence-electron chi connectivity index (χ1n) is 13.5. The molecule has 0 bridgehead atoms.